The number of carboxylic acid groups (broad SMARTS) is 3. The molecular formula is C69H71LiN4O17Rb4-4. The van der Waals surface area contributed by atoms with Gasteiger partial charge in [-0.2, -0.15) is 95.1 Å². The second-order valence-electron chi connectivity index (χ2n) is 23.0. The van der Waals surface area contributed by atoms with Crippen molar-refractivity contribution >= 4 is 23.9 Å². The minimum absolute atomic E-state index is 0. The molecule has 95 heavy (non-hydrogen) atoms. The van der Waals surface area contributed by atoms with Crippen LogP contribution in [0.5, 0.6) is 0 Å². The molecule has 12 rings (SSSR count). The molecule has 0 saturated carbocycles. The molecule has 4 heterocycles. The van der Waals surface area contributed by atoms with Gasteiger partial charge in [-0.25, -0.2) is 19.2 Å². The molecule has 4 aromatic carbocycles. The van der Waals surface area contributed by atoms with E-state index in [1.807, 2.05) is 70.2 Å². The van der Waals surface area contributed by atoms with Crippen molar-refractivity contribution in [1.82, 2.24) is 18.3 Å². The number of aromatic carboxylic acids is 3. The van der Waals surface area contributed by atoms with E-state index in [0.717, 1.165) is 132 Å². The van der Waals surface area contributed by atoms with Crippen LogP contribution in [0.4, 0.5) is 0 Å². The van der Waals surface area contributed by atoms with Crippen molar-refractivity contribution in [3.05, 3.63) is 227 Å². The molecule has 4 atom stereocenters. The molecule has 4 aliphatic carbocycles. The van der Waals surface area contributed by atoms with Crippen molar-refractivity contribution in [2.24, 2.45) is 28.2 Å². The van der Waals surface area contributed by atoms with E-state index in [1.165, 1.54) is 26.4 Å². The Morgan fingerprint density at radius 3 is 0.768 bits per heavy atom. The van der Waals surface area contributed by atoms with Gasteiger partial charge in [-0.3, -0.25) is 19.2 Å². The second-order valence-corrected chi connectivity index (χ2v) is 23.0. The summed E-state index contributed by atoms with van der Waals surface area (Å²) in [6.07, 6.45) is 3.36. The zero-order chi connectivity index (χ0) is 61.9. The first-order valence-electron chi connectivity index (χ1n) is 27.9. The van der Waals surface area contributed by atoms with Crippen molar-refractivity contribution < 1.29 is 318 Å². The van der Waals surface area contributed by atoms with Gasteiger partial charge in [0, 0.05) is 51.0 Å². The number of aromatic nitrogens is 4. The van der Waals surface area contributed by atoms with Crippen LogP contribution in [0.25, 0.3) is 45.0 Å². The number of pyridine rings is 4. The molecule has 26 heteroatoms. The van der Waals surface area contributed by atoms with Crippen LogP contribution < -0.4 is 274 Å². The van der Waals surface area contributed by atoms with Gasteiger partial charge in [-0.15, -0.1) is 44.5 Å². The third-order valence-corrected chi connectivity index (χ3v) is 16.8. The molecule has 0 amide bonds. The molecule has 4 aromatic heterocycles. The van der Waals surface area contributed by atoms with E-state index in [1.54, 1.807) is 57.0 Å². The third kappa shape index (κ3) is 19.5. The summed E-state index contributed by atoms with van der Waals surface area (Å²) in [5, 5.41) is 27.6. The SMILES string of the molecule is COC(=O)c1cc2c(n(C)c1=O)-c1cc(C)[c-]cc1CC2C.Cc1[c-]cc2c(c1)-c1c(cc(C(=O)O)c(=O)n1C)C(C)C2.Cc1[c-]cc2c(c1)-c1c(cc(C(=O)O)c(=O)n1C)[C@@H](C)C2.Cc1[c-]cc2c(c1)-c1c(cc(C(=O)O)c(=O)n1C)[C@H](C)C2.[Li+].[OH-].[OH-].[OH-].[OH-].[OH-].[Rb+].[Rb+].[Rb+].[Rb+]. The Morgan fingerprint density at radius 1 is 0.389 bits per heavy atom. The fraction of sp³-hybridized carbons (Fsp3) is 0.304. The maximum atomic E-state index is 12.5. The molecule has 0 bridgehead atoms. The van der Waals surface area contributed by atoms with E-state index in [2.05, 4.69) is 58.0 Å². The zero-order valence-electron chi connectivity index (χ0n) is 57.1. The standard InChI is InChI=1S/C18H18NO3.3C17H16NO3.Li.5H2O.4Rb/c1-10-5-6-12-8-11(2)13-9-15(18(21)22-4)17(20)19(3)16(13)14(12)7-10;3*1-9-4-5-11-7-10(2)12-8-14(17(20)21)16(19)18(3)15(12)13(11)6-9;;;;;;;;;;/h6-7,9,11H,8H2,1-4H3;3*5-6,8,10H,7H2,1-3H3,(H,20,21);;5*1H2;;;;/q4*-1;+1;;;;;;4*+1/p-5/t;2*10-;;;;;;;;;;;/m.10.........../s1. The van der Waals surface area contributed by atoms with E-state index in [9.17, 15) is 53.7 Å². The van der Waals surface area contributed by atoms with Crippen LogP contribution in [0.15, 0.2) is 92.0 Å². The van der Waals surface area contributed by atoms with E-state index in [4.69, 9.17) is 4.74 Å². The summed E-state index contributed by atoms with van der Waals surface area (Å²) in [7, 11) is 7.92. The number of carbonyl (C=O) groups is 4. The first-order valence-corrected chi connectivity index (χ1v) is 27.9. The quantitative estimate of drug-likeness (QED) is 0.0840. The van der Waals surface area contributed by atoms with Crippen LogP contribution in [-0.4, -0.2) is 92.0 Å². The Bertz CT molecular complexity index is 4120. The van der Waals surface area contributed by atoms with Crippen LogP contribution >= 0.6 is 0 Å². The predicted octanol–water partition coefficient (Wildman–Crippen LogP) is -5.70. The maximum Gasteiger partial charge on any atom is 1.00 e. The second kappa shape index (κ2) is 39.6. The molecule has 0 radical (unpaired) electrons. The molecule has 8 N–H and O–H groups in total. The number of ether oxygens (including phenoxy) is 1. The van der Waals surface area contributed by atoms with E-state index < -0.39 is 40.6 Å². The Labute approximate surface area is 758 Å². The number of benzene rings is 4. The van der Waals surface area contributed by atoms with Crippen LogP contribution in [0, 0.1) is 52.0 Å². The number of nitrogens with zero attached hydrogens (tertiary/aromatic N) is 4. The Morgan fingerprint density at radius 2 is 0.579 bits per heavy atom. The smallest absolute Gasteiger partial charge is 0.870 e. The van der Waals surface area contributed by atoms with Gasteiger partial charge >= 0.3 is 275 Å². The molecule has 0 aliphatic heterocycles. The molecule has 0 saturated heterocycles. The molecule has 0 spiro atoms. The first kappa shape index (κ1) is 95.2. The molecule has 2 unspecified atom stereocenters. The third-order valence-electron chi connectivity index (χ3n) is 16.8. The van der Waals surface area contributed by atoms with E-state index >= 15 is 0 Å². The number of esters is 1. The number of carbonyl (C=O) groups excluding carboxylic acids is 1. The molecule has 478 valence electrons. The Hall–Kier alpha value is -1.82. The minimum Gasteiger partial charge on any atom is -0.870 e. The zero-order valence-corrected chi connectivity index (χ0v) is 76.8. The van der Waals surface area contributed by atoms with Crippen LogP contribution in [0.2, 0.25) is 0 Å². The van der Waals surface area contributed by atoms with E-state index in [-0.39, 0.29) is 330 Å². The topological polar surface area (TPSA) is 376 Å². The molecule has 4 aliphatic rings. The van der Waals surface area contributed by atoms with Crippen LogP contribution in [0.3, 0.4) is 0 Å². The van der Waals surface area contributed by atoms with Gasteiger partial charge < -0.3 is 65.7 Å². The molecule has 0 fully saturated rings. The number of aryl methyl sites for hydroxylation is 4. The van der Waals surface area contributed by atoms with Gasteiger partial charge in [0.2, 0.25) is 0 Å². The average molecular weight is 1580 g/mol. The summed E-state index contributed by atoms with van der Waals surface area (Å²) in [4.78, 5) is 94.9. The number of carboxylic acids is 3. The van der Waals surface area contributed by atoms with Gasteiger partial charge in [0.25, 0.3) is 22.2 Å². The summed E-state index contributed by atoms with van der Waals surface area (Å²) in [5.74, 6) is -3.35. The predicted molar refractivity (Wildman–Crippen MR) is 333 cm³/mol. The largest absolute Gasteiger partial charge is 1.00 e. The molecule has 8 aromatic rings. The van der Waals surface area contributed by atoms with Gasteiger partial charge in [0.15, 0.2) is 0 Å². The monoisotopic (exact) mass is 1570 g/mol. The first-order chi connectivity index (χ1) is 40.1. The fourth-order valence-corrected chi connectivity index (χ4v) is 12.4. The number of methoxy groups -OCH3 is 1. The number of hydrogen-bond acceptors (Lipinski definition) is 14. The summed E-state index contributed by atoms with van der Waals surface area (Å²) in [6.45, 7) is 16.1. The Kier molecular flexibility index (Phi) is 39.7. The van der Waals surface area contributed by atoms with Crippen molar-refractivity contribution in [1.29, 1.82) is 0 Å². The Balaban J connectivity index is 0. The number of hydrogen-bond donors (Lipinski definition) is 3. The number of rotatable bonds is 4. The van der Waals surface area contributed by atoms with Crippen molar-refractivity contribution in [3.8, 4) is 45.0 Å². The summed E-state index contributed by atoms with van der Waals surface area (Å²) in [6, 6.07) is 35.1. The van der Waals surface area contributed by atoms with Crippen LogP contribution in [-0.2, 0) is 58.6 Å². The normalized spacial score (nSPS) is 14.5. The van der Waals surface area contributed by atoms with Crippen molar-refractivity contribution in [2.75, 3.05) is 7.11 Å². The van der Waals surface area contributed by atoms with Crippen molar-refractivity contribution in [2.45, 2.75) is 105 Å². The van der Waals surface area contributed by atoms with Crippen LogP contribution in [0.1, 0.15) is 160 Å². The summed E-state index contributed by atoms with van der Waals surface area (Å²) in [5.41, 5.74) is 17.8. The van der Waals surface area contributed by atoms with E-state index in [0.29, 0.717) is 0 Å². The van der Waals surface area contributed by atoms with Gasteiger partial charge in [-0.1, -0.05) is 81.1 Å². The summed E-state index contributed by atoms with van der Waals surface area (Å²) < 4.78 is 10.7. The molecular weight excluding hydrogens is 1510 g/mol. The molecule has 21 nitrogen and oxygen atoms in total. The van der Waals surface area contributed by atoms with Crippen molar-refractivity contribution in [3.63, 3.8) is 0 Å². The average Bonchev–Trinajstić information content (AvgIpc) is 0.778. The van der Waals surface area contributed by atoms with Gasteiger partial charge in [0.1, 0.15) is 22.3 Å². The fourth-order valence-electron chi connectivity index (χ4n) is 12.4. The van der Waals surface area contributed by atoms with Gasteiger partial charge in [0.05, 0.1) is 7.11 Å². The van der Waals surface area contributed by atoms with Gasteiger partial charge in [-0.05, 0) is 70.2 Å². The number of fused-ring (bicyclic) bond motifs is 12. The maximum absolute atomic E-state index is 12.5. The summed E-state index contributed by atoms with van der Waals surface area (Å²) >= 11 is 0. The minimum atomic E-state index is -1.17.